The molecule has 0 saturated heterocycles. The standard InChI is InChI=1S/C20H25N3O4/c1-3-22-10-7-16-19(20(25)26-2)17(14-18(24)23(16)12-11-22)27-13-8-15-6-4-5-9-21-15/h4-6,9,14H,3,7-8,10-13H2,1-2H3. The predicted octanol–water partition coefficient (Wildman–Crippen LogP) is 1.53. The predicted molar refractivity (Wildman–Crippen MR) is 101 cm³/mol. The number of ether oxygens (including phenoxy) is 2. The van der Waals surface area contributed by atoms with Gasteiger partial charge in [-0.25, -0.2) is 4.79 Å². The highest BCUT2D eigenvalue weighted by Gasteiger charge is 2.25. The van der Waals surface area contributed by atoms with Crippen LogP contribution < -0.4 is 10.3 Å². The van der Waals surface area contributed by atoms with Crippen molar-refractivity contribution in [3.8, 4) is 5.75 Å². The van der Waals surface area contributed by atoms with Gasteiger partial charge in [-0.15, -0.1) is 0 Å². The molecule has 2 aromatic rings. The van der Waals surface area contributed by atoms with Crippen LogP contribution in [0.1, 0.15) is 28.7 Å². The van der Waals surface area contributed by atoms with E-state index in [2.05, 4.69) is 16.8 Å². The number of fused-ring (bicyclic) bond motifs is 1. The zero-order valence-electron chi connectivity index (χ0n) is 15.8. The fourth-order valence-corrected chi connectivity index (χ4v) is 3.36. The summed E-state index contributed by atoms with van der Waals surface area (Å²) in [4.78, 5) is 31.6. The maximum absolute atomic E-state index is 12.6. The molecule has 7 heteroatoms. The van der Waals surface area contributed by atoms with Crippen molar-refractivity contribution >= 4 is 5.97 Å². The van der Waals surface area contributed by atoms with E-state index in [4.69, 9.17) is 9.47 Å². The Balaban J connectivity index is 1.89. The van der Waals surface area contributed by atoms with Crippen LogP contribution in [0.4, 0.5) is 0 Å². The van der Waals surface area contributed by atoms with Crippen molar-refractivity contribution in [2.75, 3.05) is 33.4 Å². The Hall–Kier alpha value is -2.67. The summed E-state index contributed by atoms with van der Waals surface area (Å²) in [5, 5.41) is 0. The Labute approximate surface area is 158 Å². The molecule has 27 heavy (non-hydrogen) atoms. The summed E-state index contributed by atoms with van der Waals surface area (Å²) >= 11 is 0. The second kappa shape index (κ2) is 8.81. The van der Waals surface area contributed by atoms with Crippen LogP contribution in [-0.4, -0.2) is 53.8 Å². The quantitative estimate of drug-likeness (QED) is 0.717. The normalized spacial score (nSPS) is 14.3. The summed E-state index contributed by atoms with van der Waals surface area (Å²) in [6.45, 7) is 5.45. The van der Waals surface area contributed by atoms with Crippen LogP contribution in [0, 0.1) is 0 Å². The van der Waals surface area contributed by atoms with E-state index in [9.17, 15) is 9.59 Å². The molecule has 1 aliphatic heterocycles. The van der Waals surface area contributed by atoms with Gasteiger partial charge in [-0.05, 0) is 18.7 Å². The van der Waals surface area contributed by atoms with Crippen LogP contribution in [0.15, 0.2) is 35.3 Å². The molecular weight excluding hydrogens is 346 g/mol. The Morgan fingerprint density at radius 1 is 1.26 bits per heavy atom. The van der Waals surface area contributed by atoms with Gasteiger partial charge in [-0.2, -0.15) is 0 Å². The average molecular weight is 371 g/mol. The van der Waals surface area contributed by atoms with Gasteiger partial charge in [0.15, 0.2) is 0 Å². The third kappa shape index (κ3) is 4.36. The number of aromatic nitrogens is 2. The molecule has 0 unspecified atom stereocenters. The Morgan fingerprint density at radius 2 is 2.11 bits per heavy atom. The molecule has 3 heterocycles. The van der Waals surface area contributed by atoms with E-state index < -0.39 is 5.97 Å². The molecule has 3 rings (SSSR count). The van der Waals surface area contributed by atoms with Crippen molar-refractivity contribution in [1.82, 2.24) is 14.5 Å². The fourth-order valence-electron chi connectivity index (χ4n) is 3.36. The molecule has 0 atom stereocenters. The van der Waals surface area contributed by atoms with Gasteiger partial charge in [0.1, 0.15) is 11.3 Å². The van der Waals surface area contributed by atoms with Crippen LogP contribution in [0.2, 0.25) is 0 Å². The van der Waals surface area contributed by atoms with Gasteiger partial charge < -0.3 is 18.9 Å². The number of carbonyl (C=O) groups excluding carboxylic acids is 1. The molecule has 0 spiro atoms. The maximum Gasteiger partial charge on any atom is 0.343 e. The molecule has 0 N–H and O–H groups in total. The molecule has 0 saturated carbocycles. The summed E-state index contributed by atoms with van der Waals surface area (Å²) in [5.74, 6) is -0.185. The van der Waals surface area contributed by atoms with E-state index in [0.717, 1.165) is 25.3 Å². The lowest BCUT2D eigenvalue weighted by Gasteiger charge is -2.17. The zero-order chi connectivity index (χ0) is 19.2. The minimum Gasteiger partial charge on any atom is -0.492 e. The van der Waals surface area contributed by atoms with Gasteiger partial charge in [0, 0.05) is 56.1 Å². The number of rotatable bonds is 6. The second-order valence-electron chi connectivity index (χ2n) is 6.42. The minimum atomic E-state index is -0.475. The molecule has 144 valence electrons. The Bertz CT molecular complexity index is 848. The summed E-state index contributed by atoms with van der Waals surface area (Å²) in [5.41, 5.74) is 1.79. The second-order valence-corrected chi connectivity index (χ2v) is 6.42. The highest BCUT2D eigenvalue weighted by molar-refractivity contribution is 5.93. The van der Waals surface area contributed by atoms with Crippen LogP contribution in [0.3, 0.4) is 0 Å². The number of hydrogen-bond donors (Lipinski definition) is 0. The molecule has 7 nitrogen and oxygen atoms in total. The third-order valence-electron chi connectivity index (χ3n) is 4.86. The highest BCUT2D eigenvalue weighted by Crippen LogP contribution is 2.24. The lowest BCUT2D eigenvalue weighted by atomic mass is 10.1. The summed E-state index contributed by atoms with van der Waals surface area (Å²) in [6, 6.07) is 7.08. The maximum atomic E-state index is 12.6. The lowest BCUT2D eigenvalue weighted by Crippen LogP contribution is -2.29. The van der Waals surface area contributed by atoms with Gasteiger partial charge >= 0.3 is 5.97 Å². The number of hydrogen-bond acceptors (Lipinski definition) is 6. The molecule has 0 aliphatic carbocycles. The molecule has 0 amide bonds. The number of methoxy groups -OCH3 is 1. The average Bonchev–Trinajstić information content (AvgIpc) is 2.91. The number of esters is 1. The third-order valence-corrected chi connectivity index (χ3v) is 4.86. The zero-order valence-corrected chi connectivity index (χ0v) is 15.8. The van der Waals surface area contributed by atoms with Gasteiger partial charge in [0.25, 0.3) is 5.56 Å². The molecule has 0 fully saturated rings. The SMILES string of the molecule is CCN1CCc2c(C(=O)OC)c(OCCc3ccccn3)cc(=O)n2CC1. The fraction of sp³-hybridized carbons (Fsp3) is 0.450. The highest BCUT2D eigenvalue weighted by atomic mass is 16.5. The first-order chi connectivity index (χ1) is 13.1. The van der Waals surface area contributed by atoms with Crippen LogP contribution >= 0.6 is 0 Å². The molecule has 0 bridgehead atoms. The first kappa shape index (κ1) is 19.1. The minimum absolute atomic E-state index is 0.150. The topological polar surface area (TPSA) is 73.7 Å². The number of carbonyl (C=O) groups is 1. The van der Waals surface area contributed by atoms with Crippen molar-refractivity contribution in [3.05, 3.63) is 57.8 Å². The van der Waals surface area contributed by atoms with Crippen molar-refractivity contribution in [2.24, 2.45) is 0 Å². The van der Waals surface area contributed by atoms with Crippen LogP contribution in [0.25, 0.3) is 0 Å². The van der Waals surface area contributed by atoms with Gasteiger partial charge in [0.05, 0.1) is 13.7 Å². The van der Waals surface area contributed by atoms with Gasteiger partial charge in [-0.1, -0.05) is 13.0 Å². The summed E-state index contributed by atoms with van der Waals surface area (Å²) < 4.78 is 12.5. The molecular formula is C20H25N3O4. The molecule has 0 radical (unpaired) electrons. The van der Waals surface area contributed by atoms with E-state index in [1.54, 1.807) is 10.8 Å². The lowest BCUT2D eigenvalue weighted by molar-refractivity contribution is 0.0593. The summed E-state index contributed by atoms with van der Waals surface area (Å²) in [6.07, 6.45) is 2.91. The van der Waals surface area contributed by atoms with E-state index in [1.165, 1.54) is 13.2 Å². The van der Waals surface area contributed by atoms with Crippen LogP contribution in [0.5, 0.6) is 5.75 Å². The van der Waals surface area contributed by atoms with E-state index in [-0.39, 0.29) is 5.56 Å². The molecule has 2 aromatic heterocycles. The van der Waals surface area contributed by atoms with Crippen molar-refractivity contribution in [3.63, 3.8) is 0 Å². The number of likely N-dealkylation sites (N-methyl/N-ethyl adjacent to an activating group) is 1. The number of pyridine rings is 2. The first-order valence-corrected chi connectivity index (χ1v) is 9.24. The van der Waals surface area contributed by atoms with Gasteiger partial charge in [-0.3, -0.25) is 9.78 Å². The molecule has 0 aromatic carbocycles. The number of nitrogens with zero attached hydrogens (tertiary/aromatic N) is 3. The Kier molecular flexibility index (Phi) is 6.24. The monoisotopic (exact) mass is 371 g/mol. The molecule has 1 aliphatic rings. The first-order valence-electron chi connectivity index (χ1n) is 9.24. The van der Waals surface area contributed by atoms with E-state index in [1.807, 2.05) is 18.2 Å². The van der Waals surface area contributed by atoms with E-state index >= 15 is 0 Å². The Morgan fingerprint density at radius 3 is 2.81 bits per heavy atom. The van der Waals surface area contributed by atoms with Crippen molar-refractivity contribution < 1.29 is 14.3 Å². The smallest absolute Gasteiger partial charge is 0.343 e. The van der Waals surface area contributed by atoms with Crippen LogP contribution in [-0.2, 0) is 24.1 Å². The largest absolute Gasteiger partial charge is 0.492 e. The van der Waals surface area contributed by atoms with E-state index in [0.29, 0.717) is 43.0 Å². The van der Waals surface area contributed by atoms with Crippen molar-refractivity contribution in [1.29, 1.82) is 0 Å². The van der Waals surface area contributed by atoms with Crippen molar-refractivity contribution in [2.45, 2.75) is 26.3 Å². The van der Waals surface area contributed by atoms with Gasteiger partial charge in [0.2, 0.25) is 0 Å². The summed E-state index contributed by atoms with van der Waals surface area (Å²) in [7, 11) is 1.34.